The van der Waals surface area contributed by atoms with Gasteiger partial charge in [-0.2, -0.15) is 13.2 Å². The number of nitrogens with zero attached hydrogens (tertiary/aromatic N) is 3. The molecule has 4 nitrogen and oxygen atoms in total. The zero-order valence-corrected chi connectivity index (χ0v) is 12.9. The summed E-state index contributed by atoms with van der Waals surface area (Å²) in [5, 5.41) is 11.5. The molecule has 2 atom stereocenters. The molecule has 2 aliphatic carbocycles. The fraction of sp³-hybridized carbons (Fsp3) is 0.867. The van der Waals surface area contributed by atoms with Crippen LogP contribution in [0.3, 0.4) is 0 Å². The summed E-state index contributed by atoms with van der Waals surface area (Å²) in [6.45, 7) is 0.355. The van der Waals surface area contributed by atoms with Crippen molar-refractivity contribution in [2.75, 3.05) is 0 Å². The average Bonchev–Trinajstić information content (AvgIpc) is 2.76. The molecule has 0 radical (unpaired) electrons. The summed E-state index contributed by atoms with van der Waals surface area (Å²) in [6, 6.07) is -0.502. The molecule has 2 saturated carbocycles. The molecule has 1 heterocycles. The standard InChI is InChI=1S/C15H23F3N4/c1-22-13(20-21-14(22)10-5-4-6-10)9-19-12-8-3-2-7-11(12)15(16,17)18/h10-12,19H,2-9H2,1H3/t11-,12+/m0/s1. The van der Waals surface area contributed by atoms with Crippen molar-refractivity contribution in [1.82, 2.24) is 20.1 Å². The topological polar surface area (TPSA) is 42.7 Å². The van der Waals surface area contributed by atoms with Crippen LogP contribution in [0, 0.1) is 5.92 Å². The van der Waals surface area contributed by atoms with Gasteiger partial charge in [-0.25, -0.2) is 0 Å². The Hall–Kier alpha value is -1.11. The van der Waals surface area contributed by atoms with Gasteiger partial charge in [0.15, 0.2) is 0 Å². The normalized spacial score (nSPS) is 26.9. The second kappa shape index (κ2) is 6.18. The monoisotopic (exact) mass is 316 g/mol. The Morgan fingerprint density at radius 2 is 1.82 bits per heavy atom. The van der Waals surface area contributed by atoms with E-state index in [0.29, 0.717) is 25.3 Å². The molecule has 0 amide bonds. The maximum atomic E-state index is 13.1. The van der Waals surface area contributed by atoms with Gasteiger partial charge in [0, 0.05) is 19.0 Å². The van der Waals surface area contributed by atoms with Crippen LogP contribution in [0.1, 0.15) is 62.5 Å². The minimum Gasteiger partial charge on any atom is -0.317 e. The summed E-state index contributed by atoms with van der Waals surface area (Å²) in [5.41, 5.74) is 0. The summed E-state index contributed by atoms with van der Waals surface area (Å²) in [4.78, 5) is 0. The summed E-state index contributed by atoms with van der Waals surface area (Å²) in [7, 11) is 1.91. The largest absolute Gasteiger partial charge is 0.393 e. The minimum atomic E-state index is -4.12. The minimum absolute atomic E-state index is 0.229. The lowest BCUT2D eigenvalue weighted by molar-refractivity contribution is -0.189. The van der Waals surface area contributed by atoms with Crippen molar-refractivity contribution in [1.29, 1.82) is 0 Å². The highest BCUT2D eigenvalue weighted by molar-refractivity contribution is 5.05. The molecule has 2 fully saturated rings. The highest BCUT2D eigenvalue weighted by atomic mass is 19.4. The molecular formula is C15H23F3N4. The van der Waals surface area contributed by atoms with Crippen LogP contribution in [0.25, 0.3) is 0 Å². The summed E-state index contributed by atoms with van der Waals surface area (Å²) in [5.74, 6) is 0.942. The molecule has 0 aliphatic heterocycles. The fourth-order valence-electron chi connectivity index (χ4n) is 3.54. The van der Waals surface area contributed by atoms with Crippen LogP contribution in [0.2, 0.25) is 0 Å². The molecule has 0 unspecified atom stereocenters. The van der Waals surface area contributed by atoms with Crippen molar-refractivity contribution in [3.63, 3.8) is 0 Å². The van der Waals surface area contributed by atoms with E-state index in [4.69, 9.17) is 0 Å². The van der Waals surface area contributed by atoms with E-state index in [2.05, 4.69) is 15.5 Å². The Bertz CT molecular complexity index is 507. The van der Waals surface area contributed by atoms with Gasteiger partial charge in [0.05, 0.1) is 12.5 Å². The van der Waals surface area contributed by atoms with Crippen molar-refractivity contribution in [2.24, 2.45) is 13.0 Å². The van der Waals surface area contributed by atoms with Gasteiger partial charge in [-0.3, -0.25) is 0 Å². The number of hydrogen-bond acceptors (Lipinski definition) is 3. The van der Waals surface area contributed by atoms with Crippen LogP contribution in [0.4, 0.5) is 13.2 Å². The van der Waals surface area contributed by atoms with Gasteiger partial charge in [0.2, 0.25) is 0 Å². The predicted octanol–water partition coefficient (Wildman–Crippen LogP) is 3.29. The molecule has 3 rings (SSSR count). The molecular weight excluding hydrogens is 293 g/mol. The van der Waals surface area contributed by atoms with E-state index in [9.17, 15) is 13.2 Å². The molecule has 22 heavy (non-hydrogen) atoms. The third-order valence-corrected chi connectivity index (χ3v) is 5.18. The molecule has 1 aromatic rings. The average molecular weight is 316 g/mol. The van der Waals surface area contributed by atoms with Crippen LogP contribution in [-0.2, 0) is 13.6 Å². The third-order valence-electron chi connectivity index (χ3n) is 5.18. The first kappa shape index (κ1) is 15.8. The van der Waals surface area contributed by atoms with E-state index in [1.165, 1.54) is 6.42 Å². The third kappa shape index (κ3) is 3.14. The quantitative estimate of drug-likeness (QED) is 0.927. The zero-order valence-electron chi connectivity index (χ0n) is 12.9. The Morgan fingerprint density at radius 1 is 1.09 bits per heavy atom. The molecule has 1 aromatic heterocycles. The molecule has 0 saturated heterocycles. The number of halogens is 3. The Kier molecular flexibility index (Phi) is 4.43. The number of hydrogen-bond donors (Lipinski definition) is 1. The van der Waals surface area contributed by atoms with Crippen molar-refractivity contribution in [3.05, 3.63) is 11.6 Å². The molecule has 2 aliphatic rings. The Morgan fingerprint density at radius 3 is 2.45 bits per heavy atom. The van der Waals surface area contributed by atoms with E-state index < -0.39 is 18.1 Å². The lowest BCUT2D eigenvalue weighted by atomic mass is 9.84. The van der Waals surface area contributed by atoms with Gasteiger partial charge < -0.3 is 9.88 Å². The number of aromatic nitrogens is 3. The smallest absolute Gasteiger partial charge is 0.317 e. The molecule has 124 valence electrons. The lowest BCUT2D eigenvalue weighted by Gasteiger charge is -2.33. The van der Waals surface area contributed by atoms with Gasteiger partial charge in [-0.15, -0.1) is 10.2 Å². The summed E-state index contributed by atoms with van der Waals surface area (Å²) >= 11 is 0. The number of nitrogens with one attached hydrogen (secondary N) is 1. The van der Waals surface area contributed by atoms with Gasteiger partial charge in [0.1, 0.15) is 11.6 Å². The maximum absolute atomic E-state index is 13.1. The second-order valence-corrected chi connectivity index (χ2v) is 6.58. The molecule has 0 spiro atoms. The van der Waals surface area contributed by atoms with Crippen LogP contribution >= 0.6 is 0 Å². The number of rotatable bonds is 4. The zero-order chi connectivity index (χ0) is 15.7. The summed E-state index contributed by atoms with van der Waals surface area (Å²) in [6.07, 6.45) is 1.71. The van der Waals surface area contributed by atoms with E-state index in [0.717, 1.165) is 30.9 Å². The van der Waals surface area contributed by atoms with Crippen molar-refractivity contribution >= 4 is 0 Å². The Labute approximate surface area is 128 Å². The highest BCUT2D eigenvalue weighted by Gasteiger charge is 2.45. The van der Waals surface area contributed by atoms with Gasteiger partial charge >= 0.3 is 6.18 Å². The SMILES string of the molecule is Cn1c(CN[C@@H]2CCCC[C@@H]2C(F)(F)F)nnc1C1CCC1. The van der Waals surface area contributed by atoms with E-state index in [-0.39, 0.29) is 6.42 Å². The van der Waals surface area contributed by atoms with E-state index in [1.54, 1.807) is 0 Å². The maximum Gasteiger partial charge on any atom is 0.393 e. The molecule has 1 N–H and O–H groups in total. The van der Waals surface area contributed by atoms with Crippen LogP contribution < -0.4 is 5.32 Å². The number of alkyl halides is 3. The van der Waals surface area contributed by atoms with Crippen molar-refractivity contribution in [3.8, 4) is 0 Å². The molecule has 0 bridgehead atoms. The van der Waals surface area contributed by atoms with E-state index >= 15 is 0 Å². The van der Waals surface area contributed by atoms with Crippen molar-refractivity contribution in [2.45, 2.75) is 69.6 Å². The first-order chi connectivity index (χ1) is 10.5. The van der Waals surface area contributed by atoms with Gasteiger partial charge in [-0.1, -0.05) is 19.3 Å². The van der Waals surface area contributed by atoms with Crippen molar-refractivity contribution < 1.29 is 13.2 Å². The summed E-state index contributed by atoms with van der Waals surface area (Å²) < 4.78 is 41.2. The van der Waals surface area contributed by atoms with Gasteiger partial charge in [-0.05, 0) is 25.7 Å². The van der Waals surface area contributed by atoms with Crippen LogP contribution in [-0.4, -0.2) is 27.0 Å². The first-order valence-electron chi connectivity index (χ1n) is 8.15. The van der Waals surface area contributed by atoms with Gasteiger partial charge in [0.25, 0.3) is 0 Å². The van der Waals surface area contributed by atoms with Crippen LogP contribution in [0.5, 0.6) is 0 Å². The molecule has 7 heteroatoms. The first-order valence-corrected chi connectivity index (χ1v) is 8.15. The highest BCUT2D eigenvalue weighted by Crippen LogP contribution is 2.38. The lowest BCUT2D eigenvalue weighted by Crippen LogP contribution is -2.45. The van der Waals surface area contributed by atoms with E-state index in [1.807, 2.05) is 11.6 Å². The predicted molar refractivity (Wildman–Crippen MR) is 76.2 cm³/mol. The fourth-order valence-corrected chi connectivity index (χ4v) is 3.54. The van der Waals surface area contributed by atoms with Crippen LogP contribution in [0.15, 0.2) is 0 Å². The second-order valence-electron chi connectivity index (χ2n) is 6.58. The molecule has 0 aromatic carbocycles. The Balaban J connectivity index is 1.62.